The molecule has 1 radical (unpaired) electrons. The molecule has 0 aliphatic rings. The first kappa shape index (κ1) is 11.7. The average molecular weight is 187 g/mol. The van der Waals surface area contributed by atoms with E-state index in [-0.39, 0.29) is 8.80 Å². The Morgan fingerprint density at radius 1 is 1.17 bits per heavy atom. The van der Waals surface area contributed by atoms with Crippen molar-refractivity contribution in [2.75, 3.05) is 0 Å². The van der Waals surface area contributed by atoms with Gasteiger partial charge in [-0.25, -0.2) is 0 Å². The summed E-state index contributed by atoms with van der Waals surface area (Å²) in [6.45, 7) is 4.64. The maximum absolute atomic E-state index is 10.1. The summed E-state index contributed by atoms with van der Waals surface area (Å²) in [4.78, 5) is 10.1. The Hall–Kier alpha value is -0.313. The first-order valence-corrected chi connectivity index (χ1v) is 7.34. The van der Waals surface area contributed by atoms with Gasteiger partial charge in [0.25, 0.3) is 0 Å². The van der Waals surface area contributed by atoms with Gasteiger partial charge in [0.2, 0.25) is 0 Å². The van der Waals surface area contributed by atoms with Crippen LogP contribution in [0.5, 0.6) is 0 Å². The highest BCUT2D eigenvalue weighted by Crippen LogP contribution is 2.07. The van der Waals surface area contributed by atoms with Crippen LogP contribution >= 0.6 is 0 Å². The Kier molecular flexibility index (Phi) is 7.15. The lowest BCUT2D eigenvalue weighted by atomic mass is 10.2. The third-order valence-electron chi connectivity index (χ3n) is 1.82. The molecule has 0 spiro atoms. The monoisotopic (exact) mass is 187 g/mol. The summed E-state index contributed by atoms with van der Waals surface area (Å²) < 4.78 is 0. The first-order chi connectivity index (χ1) is 5.63. The van der Waals surface area contributed by atoms with Crippen LogP contribution in [-0.4, -0.2) is 19.9 Å². The fraction of sp³-hybridized carbons (Fsp3) is 0.889. The summed E-state index contributed by atoms with van der Waals surface area (Å²) in [6, 6.07) is 1.37. The molecule has 12 heavy (non-hydrogen) atoms. The van der Waals surface area contributed by atoms with Gasteiger partial charge in [0, 0.05) is 15.2 Å². The number of carbonyl (C=O) groups is 1. The number of carboxylic acid groups (broad SMARTS) is 1. The van der Waals surface area contributed by atoms with Crippen molar-refractivity contribution in [1.82, 2.24) is 0 Å². The van der Waals surface area contributed by atoms with E-state index in [9.17, 15) is 4.79 Å². The van der Waals surface area contributed by atoms with E-state index in [1.54, 1.807) is 0 Å². The predicted octanol–water partition coefficient (Wildman–Crippen LogP) is 2.78. The zero-order valence-corrected chi connectivity index (χ0v) is 9.10. The van der Waals surface area contributed by atoms with Crippen molar-refractivity contribution in [3.05, 3.63) is 0 Å². The first-order valence-electron chi connectivity index (χ1n) is 4.63. The van der Waals surface area contributed by atoms with Crippen LogP contribution in [-0.2, 0) is 4.79 Å². The van der Waals surface area contributed by atoms with Gasteiger partial charge >= 0.3 is 5.97 Å². The minimum Gasteiger partial charge on any atom is -0.481 e. The van der Waals surface area contributed by atoms with Crippen molar-refractivity contribution in [2.24, 2.45) is 0 Å². The van der Waals surface area contributed by atoms with Crippen LogP contribution in [0.25, 0.3) is 0 Å². The SMILES string of the molecule is C[Si](C)CCCCCCC(=O)O. The third kappa shape index (κ3) is 9.69. The Labute approximate surface area is 76.6 Å². The minimum atomic E-state index is -0.661. The molecule has 0 aliphatic heterocycles. The van der Waals surface area contributed by atoms with E-state index < -0.39 is 5.97 Å². The molecule has 0 aliphatic carbocycles. The molecular weight excluding hydrogens is 168 g/mol. The van der Waals surface area contributed by atoms with Gasteiger partial charge in [0.15, 0.2) is 0 Å². The van der Waals surface area contributed by atoms with Gasteiger partial charge in [-0.3, -0.25) is 4.79 Å². The van der Waals surface area contributed by atoms with Crippen molar-refractivity contribution >= 4 is 14.8 Å². The number of unbranched alkanes of at least 4 members (excludes halogenated alkanes) is 3. The molecule has 0 aromatic rings. The van der Waals surface area contributed by atoms with Crippen molar-refractivity contribution in [3.63, 3.8) is 0 Å². The number of hydrogen-bond acceptors (Lipinski definition) is 1. The molecule has 0 fully saturated rings. The van der Waals surface area contributed by atoms with Crippen LogP contribution in [0.4, 0.5) is 0 Å². The standard InChI is InChI=1S/C9H19O2Si/c1-12(2)8-6-4-3-5-7-9(10)11/h3-8H2,1-2H3,(H,10,11). The van der Waals surface area contributed by atoms with Crippen LogP contribution in [0.3, 0.4) is 0 Å². The van der Waals surface area contributed by atoms with E-state index >= 15 is 0 Å². The van der Waals surface area contributed by atoms with Crippen molar-refractivity contribution in [3.8, 4) is 0 Å². The molecule has 0 amide bonds. The predicted molar refractivity (Wildman–Crippen MR) is 53.0 cm³/mol. The second-order valence-corrected chi connectivity index (χ2v) is 6.43. The van der Waals surface area contributed by atoms with Gasteiger partial charge in [0.1, 0.15) is 0 Å². The Balaban J connectivity index is 2.96. The molecule has 1 N–H and O–H groups in total. The molecule has 0 bridgehead atoms. The average Bonchev–Trinajstić information content (AvgIpc) is 1.95. The van der Waals surface area contributed by atoms with E-state index in [4.69, 9.17) is 5.11 Å². The zero-order chi connectivity index (χ0) is 9.40. The summed E-state index contributed by atoms with van der Waals surface area (Å²) in [7, 11) is -0.0541. The van der Waals surface area contributed by atoms with Crippen LogP contribution in [0.2, 0.25) is 19.1 Å². The van der Waals surface area contributed by atoms with E-state index in [2.05, 4.69) is 13.1 Å². The van der Waals surface area contributed by atoms with Gasteiger partial charge in [-0.1, -0.05) is 38.4 Å². The van der Waals surface area contributed by atoms with Crippen molar-refractivity contribution in [2.45, 2.75) is 51.2 Å². The molecule has 0 heterocycles. The molecule has 0 atom stereocenters. The molecule has 0 unspecified atom stereocenters. The summed E-state index contributed by atoms with van der Waals surface area (Å²) >= 11 is 0. The van der Waals surface area contributed by atoms with Gasteiger partial charge in [-0.2, -0.15) is 0 Å². The number of rotatable bonds is 7. The largest absolute Gasteiger partial charge is 0.481 e. The molecule has 2 nitrogen and oxygen atoms in total. The Morgan fingerprint density at radius 3 is 2.25 bits per heavy atom. The summed E-state index contributed by atoms with van der Waals surface area (Å²) in [5.74, 6) is -0.661. The maximum Gasteiger partial charge on any atom is 0.303 e. The van der Waals surface area contributed by atoms with Gasteiger partial charge in [-0.05, 0) is 6.42 Å². The lowest BCUT2D eigenvalue weighted by Gasteiger charge is -2.01. The smallest absolute Gasteiger partial charge is 0.303 e. The highest BCUT2D eigenvalue weighted by molar-refractivity contribution is 6.55. The normalized spacial score (nSPS) is 10.6. The van der Waals surface area contributed by atoms with Crippen LogP contribution < -0.4 is 0 Å². The summed E-state index contributed by atoms with van der Waals surface area (Å²) in [5.41, 5.74) is 0. The molecule has 0 saturated carbocycles. The maximum atomic E-state index is 10.1. The molecule has 0 aromatic heterocycles. The Morgan fingerprint density at radius 2 is 1.75 bits per heavy atom. The van der Waals surface area contributed by atoms with Crippen molar-refractivity contribution < 1.29 is 9.90 Å². The lowest BCUT2D eigenvalue weighted by molar-refractivity contribution is -0.137. The fourth-order valence-electron chi connectivity index (χ4n) is 1.11. The van der Waals surface area contributed by atoms with E-state index in [1.165, 1.54) is 18.9 Å². The molecule has 0 aromatic carbocycles. The quantitative estimate of drug-likeness (QED) is 0.491. The second kappa shape index (κ2) is 7.34. The van der Waals surface area contributed by atoms with Gasteiger partial charge < -0.3 is 5.11 Å². The van der Waals surface area contributed by atoms with Crippen LogP contribution in [0.15, 0.2) is 0 Å². The Bertz CT molecular complexity index is 124. The second-order valence-electron chi connectivity index (χ2n) is 3.52. The van der Waals surface area contributed by atoms with E-state index in [0.717, 1.165) is 12.8 Å². The van der Waals surface area contributed by atoms with Gasteiger partial charge in [-0.15, -0.1) is 0 Å². The van der Waals surface area contributed by atoms with Crippen LogP contribution in [0, 0.1) is 0 Å². The third-order valence-corrected chi connectivity index (χ3v) is 3.17. The molecule has 3 heteroatoms. The molecule has 0 rings (SSSR count). The molecule has 71 valence electrons. The van der Waals surface area contributed by atoms with E-state index in [1.807, 2.05) is 0 Å². The van der Waals surface area contributed by atoms with E-state index in [0.29, 0.717) is 6.42 Å². The fourth-order valence-corrected chi connectivity index (χ4v) is 2.07. The molecule has 0 saturated heterocycles. The zero-order valence-electron chi connectivity index (χ0n) is 8.10. The lowest BCUT2D eigenvalue weighted by Crippen LogP contribution is -1.98. The number of hydrogen-bond donors (Lipinski definition) is 1. The summed E-state index contributed by atoms with van der Waals surface area (Å²) in [6.07, 6.45) is 4.78. The molecular formula is C9H19O2Si. The van der Waals surface area contributed by atoms with Crippen molar-refractivity contribution in [1.29, 1.82) is 0 Å². The number of aliphatic carboxylic acids is 1. The minimum absolute atomic E-state index is 0.0541. The van der Waals surface area contributed by atoms with Gasteiger partial charge in [0.05, 0.1) is 0 Å². The number of carboxylic acids is 1. The highest BCUT2D eigenvalue weighted by atomic mass is 28.3. The van der Waals surface area contributed by atoms with Crippen LogP contribution in [0.1, 0.15) is 32.1 Å². The highest BCUT2D eigenvalue weighted by Gasteiger charge is 1.98. The summed E-state index contributed by atoms with van der Waals surface area (Å²) in [5, 5.41) is 8.36. The topological polar surface area (TPSA) is 37.3 Å².